The Morgan fingerprint density at radius 3 is 2.70 bits per heavy atom. The summed E-state index contributed by atoms with van der Waals surface area (Å²) in [4.78, 5) is 12.3. The van der Waals surface area contributed by atoms with Crippen molar-refractivity contribution in [3.8, 4) is 5.75 Å². The van der Waals surface area contributed by atoms with E-state index < -0.39 is 6.10 Å². The maximum Gasteiger partial charge on any atom is 0.265 e. The zero-order valence-electron chi connectivity index (χ0n) is 12.7. The minimum Gasteiger partial charge on any atom is -0.479 e. The smallest absolute Gasteiger partial charge is 0.265 e. The largest absolute Gasteiger partial charge is 0.479 e. The molecule has 2 aromatic carbocycles. The zero-order chi connectivity index (χ0) is 16.4. The van der Waals surface area contributed by atoms with E-state index in [9.17, 15) is 4.79 Å². The molecule has 1 unspecified atom stereocenters. The second-order valence-electron chi connectivity index (χ2n) is 5.66. The first-order chi connectivity index (χ1) is 11.0. The summed E-state index contributed by atoms with van der Waals surface area (Å²) < 4.78 is 5.62. The molecule has 120 valence electrons. The first kappa shape index (κ1) is 16.2. The van der Waals surface area contributed by atoms with Crippen molar-refractivity contribution in [3.05, 3.63) is 57.6 Å². The highest BCUT2D eigenvalue weighted by Gasteiger charge is 2.18. The number of anilines is 1. The molecular weight excluding hydrogens is 333 g/mol. The fraction of sp³-hybridized carbons (Fsp3) is 0.278. The fourth-order valence-corrected chi connectivity index (χ4v) is 3.16. The molecule has 0 saturated carbocycles. The number of halogens is 2. The van der Waals surface area contributed by atoms with Crippen molar-refractivity contribution in [3.63, 3.8) is 0 Å². The summed E-state index contributed by atoms with van der Waals surface area (Å²) in [6.07, 6.45) is 2.72. The summed E-state index contributed by atoms with van der Waals surface area (Å²) in [6, 6.07) is 11.0. The Balaban J connectivity index is 1.65. The molecule has 0 heterocycles. The van der Waals surface area contributed by atoms with Crippen LogP contribution in [-0.2, 0) is 17.6 Å². The minimum absolute atomic E-state index is 0.214. The van der Waals surface area contributed by atoms with E-state index in [0.717, 1.165) is 18.5 Å². The third kappa shape index (κ3) is 3.80. The van der Waals surface area contributed by atoms with Gasteiger partial charge in [0.2, 0.25) is 0 Å². The molecule has 0 fully saturated rings. The molecule has 5 heteroatoms. The van der Waals surface area contributed by atoms with Gasteiger partial charge in [-0.1, -0.05) is 29.3 Å². The summed E-state index contributed by atoms with van der Waals surface area (Å²) in [5.41, 5.74) is 3.49. The van der Waals surface area contributed by atoms with Gasteiger partial charge in [-0.2, -0.15) is 0 Å². The molecule has 1 atom stereocenters. The van der Waals surface area contributed by atoms with Crippen LogP contribution in [0.2, 0.25) is 10.0 Å². The van der Waals surface area contributed by atoms with Crippen LogP contribution in [0, 0.1) is 0 Å². The van der Waals surface area contributed by atoms with Crippen LogP contribution in [0.3, 0.4) is 0 Å². The Morgan fingerprint density at radius 1 is 1.13 bits per heavy atom. The Kier molecular flexibility index (Phi) is 4.79. The van der Waals surface area contributed by atoms with Gasteiger partial charge < -0.3 is 10.1 Å². The zero-order valence-corrected chi connectivity index (χ0v) is 14.2. The van der Waals surface area contributed by atoms with Crippen molar-refractivity contribution in [1.82, 2.24) is 0 Å². The summed E-state index contributed by atoms with van der Waals surface area (Å²) in [7, 11) is 0. The first-order valence-corrected chi connectivity index (χ1v) is 8.33. The first-order valence-electron chi connectivity index (χ1n) is 7.57. The van der Waals surface area contributed by atoms with Gasteiger partial charge in [0.15, 0.2) is 6.10 Å². The lowest BCUT2D eigenvalue weighted by molar-refractivity contribution is -0.122. The Hall–Kier alpha value is -1.71. The van der Waals surface area contributed by atoms with Gasteiger partial charge in [-0.15, -0.1) is 0 Å². The lowest BCUT2D eigenvalue weighted by atomic mass is 10.1. The van der Waals surface area contributed by atoms with E-state index in [2.05, 4.69) is 11.4 Å². The van der Waals surface area contributed by atoms with Crippen molar-refractivity contribution in [2.45, 2.75) is 32.3 Å². The average molecular weight is 350 g/mol. The number of benzene rings is 2. The van der Waals surface area contributed by atoms with Gasteiger partial charge >= 0.3 is 0 Å². The van der Waals surface area contributed by atoms with Crippen molar-refractivity contribution < 1.29 is 9.53 Å². The van der Waals surface area contributed by atoms with Gasteiger partial charge in [-0.3, -0.25) is 4.79 Å². The number of ether oxygens (including phenoxy) is 1. The van der Waals surface area contributed by atoms with E-state index >= 15 is 0 Å². The molecule has 23 heavy (non-hydrogen) atoms. The fourth-order valence-electron chi connectivity index (χ4n) is 2.71. The number of hydrogen-bond acceptors (Lipinski definition) is 2. The lowest BCUT2D eigenvalue weighted by Crippen LogP contribution is -2.30. The molecule has 3 nitrogen and oxygen atoms in total. The Bertz CT molecular complexity index is 746. The molecule has 0 bridgehead atoms. The van der Waals surface area contributed by atoms with Crippen LogP contribution in [-0.4, -0.2) is 12.0 Å². The SMILES string of the molecule is CC(Oc1ccc(Cl)cc1Cl)C(=O)Nc1ccc2c(c1)CCC2. The van der Waals surface area contributed by atoms with Crippen molar-refractivity contribution in [2.24, 2.45) is 0 Å². The second-order valence-corrected chi connectivity index (χ2v) is 6.50. The molecule has 0 aliphatic heterocycles. The maximum absolute atomic E-state index is 12.3. The molecule has 1 aliphatic carbocycles. The predicted molar refractivity (Wildman–Crippen MR) is 93.6 cm³/mol. The summed E-state index contributed by atoms with van der Waals surface area (Å²) >= 11 is 11.9. The molecule has 2 aromatic rings. The van der Waals surface area contributed by atoms with Crippen LogP contribution < -0.4 is 10.1 Å². The number of amides is 1. The molecule has 0 aromatic heterocycles. The molecule has 0 spiro atoms. The second kappa shape index (κ2) is 6.81. The van der Waals surface area contributed by atoms with Crippen LogP contribution >= 0.6 is 23.2 Å². The minimum atomic E-state index is -0.665. The third-order valence-electron chi connectivity index (χ3n) is 3.93. The van der Waals surface area contributed by atoms with Crippen molar-refractivity contribution in [1.29, 1.82) is 0 Å². The quantitative estimate of drug-likeness (QED) is 0.853. The van der Waals surface area contributed by atoms with E-state index in [1.54, 1.807) is 25.1 Å². The highest BCUT2D eigenvalue weighted by atomic mass is 35.5. The third-order valence-corrected chi connectivity index (χ3v) is 4.46. The highest BCUT2D eigenvalue weighted by molar-refractivity contribution is 6.35. The van der Waals surface area contributed by atoms with E-state index in [1.165, 1.54) is 17.5 Å². The number of fused-ring (bicyclic) bond motifs is 1. The molecule has 1 aliphatic rings. The van der Waals surface area contributed by atoms with Crippen molar-refractivity contribution >= 4 is 34.8 Å². The molecule has 1 N–H and O–H groups in total. The van der Waals surface area contributed by atoms with E-state index in [4.69, 9.17) is 27.9 Å². The van der Waals surface area contributed by atoms with Crippen molar-refractivity contribution in [2.75, 3.05) is 5.32 Å². The van der Waals surface area contributed by atoms with Crippen LogP contribution in [0.1, 0.15) is 24.5 Å². The number of carbonyl (C=O) groups excluding carboxylic acids is 1. The van der Waals surface area contributed by atoms with Gasteiger partial charge in [0.05, 0.1) is 5.02 Å². The number of hydrogen-bond donors (Lipinski definition) is 1. The highest BCUT2D eigenvalue weighted by Crippen LogP contribution is 2.29. The molecule has 0 saturated heterocycles. The van der Waals surface area contributed by atoms with Crippen LogP contribution in [0.5, 0.6) is 5.75 Å². The summed E-state index contributed by atoms with van der Waals surface area (Å²) in [5.74, 6) is 0.224. The topological polar surface area (TPSA) is 38.3 Å². The maximum atomic E-state index is 12.3. The van der Waals surface area contributed by atoms with Gasteiger partial charge in [-0.05, 0) is 67.6 Å². The van der Waals surface area contributed by atoms with E-state index in [1.807, 2.05) is 12.1 Å². The van der Waals surface area contributed by atoms with Crippen LogP contribution in [0.25, 0.3) is 0 Å². The molecule has 3 rings (SSSR count). The summed E-state index contributed by atoms with van der Waals surface area (Å²) in [6.45, 7) is 1.69. The van der Waals surface area contributed by atoms with Gasteiger partial charge in [-0.25, -0.2) is 0 Å². The summed E-state index contributed by atoms with van der Waals surface area (Å²) in [5, 5.41) is 3.80. The Labute approximate surface area is 145 Å². The van der Waals surface area contributed by atoms with E-state index in [-0.39, 0.29) is 5.91 Å². The molecular formula is C18H17Cl2NO2. The Morgan fingerprint density at radius 2 is 1.91 bits per heavy atom. The molecule has 1 amide bonds. The number of carbonyl (C=O) groups is 1. The molecule has 0 radical (unpaired) electrons. The number of aryl methyl sites for hydroxylation is 2. The average Bonchev–Trinajstić information content (AvgIpc) is 2.97. The van der Waals surface area contributed by atoms with Gasteiger partial charge in [0.25, 0.3) is 5.91 Å². The number of rotatable bonds is 4. The van der Waals surface area contributed by atoms with Crippen LogP contribution in [0.15, 0.2) is 36.4 Å². The number of nitrogens with one attached hydrogen (secondary N) is 1. The monoisotopic (exact) mass is 349 g/mol. The lowest BCUT2D eigenvalue weighted by Gasteiger charge is -2.16. The van der Waals surface area contributed by atoms with Gasteiger partial charge in [0, 0.05) is 10.7 Å². The van der Waals surface area contributed by atoms with E-state index in [0.29, 0.717) is 15.8 Å². The van der Waals surface area contributed by atoms with Gasteiger partial charge in [0.1, 0.15) is 5.75 Å². The van der Waals surface area contributed by atoms with Crippen LogP contribution in [0.4, 0.5) is 5.69 Å². The normalized spacial score (nSPS) is 14.2. The standard InChI is InChI=1S/C18H17Cl2NO2/c1-11(23-17-8-6-14(19)10-16(17)20)18(22)21-15-7-5-12-3-2-4-13(12)9-15/h5-11H,2-4H2,1H3,(H,21,22). The predicted octanol–water partition coefficient (Wildman–Crippen LogP) is 4.89.